The Labute approximate surface area is 129 Å². The largest absolute Gasteiger partial charge is 0.472 e. The summed E-state index contributed by atoms with van der Waals surface area (Å²) in [4.78, 5) is 4.65. The van der Waals surface area contributed by atoms with E-state index in [1.54, 1.807) is 7.11 Å². The van der Waals surface area contributed by atoms with Gasteiger partial charge in [-0.2, -0.15) is 0 Å². The van der Waals surface area contributed by atoms with Gasteiger partial charge in [0.25, 0.3) is 0 Å². The number of nitrogens with zero attached hydrogens (tertiary/aromatic N) is 1. The van der Waals surface area contributed by atoms with E-state index in [0.29, 0.717) is 12.5 Å². The van der Waals surface area contributed by atoms with Crippen molar-refractivity contribution in [2.45, 2.75) is 59.1 Å². The Morgan fingerprint density at radius 2 is 2.00 bits per heavy atom. The number of pyridine rings is 1. The van der Waals surface area contributed by atoms with Gasteiger partial charge in [0.1, 0.15) is 6.10 Å². The molecule has 21 heavy (non-hydrogen) atoms. The first kappa shape index (κ1) is 17.9. The van der Waals surface area contributed by atoms with Gasteiger partial charge in [0.2, 0.25) is 5.88 Å². The summed E-state index contributed by atoms with van der Waals surface area (Å²) in [6, 6.07) is 4.18. The Morgan fingerprint density at radius 1 is 1.29 bits per heavy atom. The molecule has 1 N–H and O–H groups in total. The van der Waals surface area contributed by atoms with E-state index in [1.165, 1.54) is 5.56 Å². The van der Waals surface area contributed by atoms with Crippen LogP contribution in [0.1, 0.15) is 52.3 Å². The van der Waals surface area contributed by atoms with Crippen LogP contribution in [0.15, 0.2) is 12.1 Å². The van der Waals surface area contributed by atoms with E-state index < -0.39 is 0 Å². The molecule has 1 aromatic rings. The lowest BCUT2D eigenvalue weighted by molar-refractivity contribution is 0.0886. The van der Waals surface area contributed by atoms with Crippen molar-refractivity contribution in [1.29, 1.82) is 0 Å². The summed E-state index contributed by atoms with van der Waals surface area (Å²) in [6.45, 7) is 13.1. The topological polar surface area (TPSA) is 43.4 Å². The molecule has 0 saturated heterocycles. The van der Waals surface area contributed by atoms with E-state index in [-0.39, 0.29) is 11.5 Å². The van der Waals surface area contributed by atoms with Crippen molar-refractivity contribution in [2.75, 3.05) is 20.3 Å². The first-order chi connectivity index (χ1) is 9.86. The fourth-order valence-corrected chi connectivity index (χ4v) is 1.99. The number of hydrogen-bond donors (Lipinski definition) is 1. The van der Waals surface area contributed by atoms with Crippen molar-refractivity contribution in [3.05, 3.63) is 23.4 Å². The third-order valence-corrected chi connectivity index (χ3v) is 3.11. The number of nitrogens with one attached hydrogen (secondary N) is 1. The second kappa shape index (κ2) is 8.35. The molecule has 0 bridgehead atoms. The molecule has 4 heteroatoms. The zero-order valence-corrected chi connectivity index (χ0v) is 14.3. The van der Waals surface area contributed by atoms with Gasteiger partial charge >= 0.3 is 0 Å². The molecule has 0 amide bonds. The van der Waals surface area contributed by atoms with Crippen LogP contribution < -0.4 is 10.1 Å². The van der Waals surface area contributed by atoms with Gasteiger partial charge in [0.15, 0.2) is 0 Å². The highest BCUT2D eigenvalue weighted by Gasteiger charge is 2.18. The number of methoxy groups -OCH3 is 1. The summed E-state index contributed by atoms with van der Waals surface area (Å²) in [6.07, 6.45) is 1.12. The average Bonchev–Trinajstić information content (AvgIpc) is 2.38. The quantitative estimate of drug-likeness (QED) is 0.747. The van der Waals surface area contributed by atoms with Crippen molar-refractivity contribution in [3.8, 4) is 5.88 Å². The lowest BCUT2D eigenvalue weighted by Crippen LogP contribution is -2.21. The summed E-state index contributed by atoms with van der Waals surface area (Å²) in [5, 5.41) is 3.43. The van der Waals surface area contributed by atoms with Crippen molar-refractivity contribution in [3.63, 3.8) is 0 Å². The number of hydrogen-bond acceptors (Lipinski definition) is 4. The highest BCUT2D eigenvalue weighted by Crippen LogP contribution is 2.24. The van der Waals surface area contributed by atoms with E-state index in [9.17, 15) is 0 Å². The Kier molecular flexibility index (Phi) is 7.12. The van der Waals surface area contributed by atoms with E-state index in [2.05, 4.69) is 44.1 Å². The maximum Gasteiger partial charge on any atom is 0.214 e. The summed E-state index contributed by atoms with van der Waals surface area (Å²) < 4.78 is 11.0. The zero-order valence-electron chi connectivity index (χ0n) is 14.3. The van der Waals surface area contributed by atoms with Crippen LogP contribution in [-0.2, 0) is 16.7 Å². The second-order valence-electron chi connectivity index (χ2n) is 6.51. The van der Waals surface area contributed by atoms with Gasteiger partial charge in [-0.1, -0.05) is 27.7 Å². The predicted octanol–water partition coefficient (Wildman–Crippen LogP) is 3.29. The standard InChI is InChI=1S/C17H30N2O2/c1-7-8-18-11-14-9-15(17(3,4)5)19-16(10-14)21-13(2)12-20-6/h9-10,13,18H,7-8,11-12H2,1-6H3. The first-order valence-electron chi connectivity index (χ1n) is 7.74. The highest BCUT2D eigenvalue weighted by molar-refractivity contribution is 5.28. The minimum absolute atomic E-state index is 0.00334. The fourth-order valence-electron chi connectivity index (χ4n) is 1.99. The molecule has 120 valence electrons. The maximum atomic E-state index is 5.87. The smallest absolute Gasteiger partial charge is 0.214 e. The van der Waals surface area contributed by atoms with Gasteiger partial charge < -0.3 is 14.8 Å². The average molecular weight is 294 g/mol. The Balaban J connectivity index is 2.92. The van der Waals surface area contributed by atoms with Crippen molar-refractivity contribution in [2.24, 2.45) is 0 Å². The molecule has 0 aliphatic heterocycles. The van der Waals surface area contributed by atoms with Crippen LogP contribution >= 0.6 is 0 Å². The van der Waals surface area contributed by atoms with Gasteiger partial charge in [-0.3, -0.25) is 0 Å². The molecule has 0 saturated carbocycles. The number of ether oxygens (including phenoxy) is 2. The van der Waals surface area contributed by atoms with Gasteiger partial charge in [0, 0.05) is 25.1 Å². The number of rotatable bonds is 8. The molecule has 1 aromatic heterocycles. The van der Waals surface area contributed by atoms with Crippen molar-refractivity contribution in [1.82, 2.24) is 10.3 Å². The molecule has 4 nitrogen and oxygen atoms in total. The predicted molar refractivity (Wildman–Crippen MR) is 86.9 cm³/mol. The Morgan fingerprint density at radius 3 is 2.57 bits per heavy atom. The van der Waals surface area contributed by atoms with Crippen LogP contribution in [0.25, 0.3) is 0 Å². The third kappa shape index (κ3) is 6.44. The molecule has 0 spiro atoms. The molecule has 1 heterocycles. The van der Waals surface area contributed by atoms with Crippen LogP contribution in [0.2, 0.25) is 0 Å². The van der Waals surface area contributed by atoms with Gasteiger partial charge in [0.05, 0.1) is 12.3 Å². The van der Waals surface area contributed by atoms with Gasteiger partial charge in [-0.25, -0.2) is 4.98 Å². The zero-order chi connectivity index (χ0) is 15.9. The van der Waals surface area contributed by atoms with E-state index in [4.69, 9.17) is 9.47 Å². The molecule has 1 atom stereocenters. The molecule has 0 fully saturated rings. The van der Waals surface area contributed by atoms with Crippen LogP contribution in [0, 0.1) is 0 Å². The van der Waals surface area contributed by atoms with Crippen molar-refractivity contribution >= 4 is 0 Å². The van der Waals surface area contributed by atoms with E-state index in [1.807, 2.05) is 13.0 Å². The summed E-state index contributed by atoms with van der Waals surface area (Å²) in [7, 11) is 1.68. The minimum atomic E-state index is -0.00540. The van der Waals surface area contributed by atoms with Crippen LogP contribution in [0.3, 0.4) is 0 Å². The van der Waals surface area contributed by atoms with Crippen LogP contribution in [0.4, 0.5) is 0 Å². The normalized spacial score (nSPS) is 13.2. The highest BCUT2D eigenvalue weighted by atomic mass is 16.5. The molecular formula is C17H30N2O2. The monoisotopic (exact) mass is 294 g/mol. The first-order valence-corrected chi connectivity index (χ1v) is 7.74. The van der Waals surface area contributed by atoms with Crippen molar-refractivity contribution < 1.29 is 9.47 Å². The lowest BCUT2D eigenvalue weighted by Gasteiger charge is -2.21. The maximum absolute atomic E-state index is 5.87. The third-order valence-electron chi connectivity index (χ3n) is 3.11. The molecule has 0 aliphatic carbocycles. The lowest BCUT2D eigenvalue weighted by atomic mass is 9.91. The molecule has 1 rings (SSSR count). The summed E-state index contributed by atoms with van der Waals surface area (Å²) in [5.41, 5.74) is 2.27. The molecule has 1 unspecified atom stereocenters. The van der Waals surface area contributed by atoms with Crippen LogP contribution in [-0.4, -0.2) is 31.3 Å². The summed E-state index contributed by atoms with van der Waals surface area (Å²) >= 11 is 0. The minimum Gasteiger partial charge on any atom is -0.472 e. The molecular weight excluding hydrogens is 264 g/mol. The SMILES string of the molecule is CCCNCc1cc(OC(C)COC)nc(C(C)(C)C)c1. The Bertz CT molecular complexity index is 427. The molecule has 0 aliphatic rings. The fraction of sp³-hybridized carbons (Fsp3) is 0.706. The van der Waals surface area contributed by atoms with Gasteiger partial charge in [-0.15, -0.1) is 0 Å². The van der Waals surface area contributed by atoms with E-state index in [0.717, 1.165) is 25.2 Å². The van der Waals surface area contributed by atoms with Crippen LogP contribution in [0.5, 0.6) is 5.88 Å². The Hall–Kier alpha value is -1.13. The van der Waals surface area contributed by atoms with E-state index >= 15 is 0 Å². The number of aromatic nitrogens is 1. The summed E-state index contributed by atoms with van der Waals surface area (Å²) in [5.74, 6) is 0.681. The molecule has 0 aromatic carbocycles. The van der Waals surface area contributed by atoms with Gasteiger partial charge in [-0.05, 0) is 31.5 Å². The second-order valence-corrected chi connectivity index (χ2v) is 6.51. The molecule has 0 radical (unpaired) electrons.